The lowest BCUT2D eigenvalue weighted by atomic mass is 10.2. The minimum atomic E-state index is -0.402. The molecule has 2 atom stereocenters. The molecule has 2 unspecified atom stereocenters. The van der Waals surface area contributed by atoms with Gasteiger partial charge in [-0.25, -0.2) is 0 Å². The average molecular weight is 256 g/mol. The smallest absolute Gasteiger partial charge is 0.248 e. The molecule has 0 spiro atoms. The molecular weight excluding hydrogens is 236 g/mol. The van der Waals surface area contributed by atoms with Gasteiger partial charge < -0.3 is 15.0 Å². The fraction of sp³-hybridized carbons (Fsp3) is 0.583. The van der Waals surface area contributed by atoms with Crippen molar-refractivity contribution in [3.05, 3.63) is 22.4 Å². The summed E-state index contributed by atoms with van der Waals surface area (Å²) in [7, 11) is 5.56. The maximum atomic E-state index is 11.6. The van der Waals surface area contributed by atoms with E-state index in [0.29, 0.717) is 6.54 Å². The summed E-state index contributed by atoms with van der Waals surface area (Å²) in [5.74, 6) is -0.0732. The van der Waals surface area contributed by atoms with Crippen molar-refractivity contribution in [2.45, 2.75) is 19.1 Å². The molecule has 1 aromatic rings. The van der Waals surface area contributed by atoms with Crippen LogP contribution in [-0.4, -0.2) is 44.7 Å². The van der Waals surface area contributed by atoms with Crippen LogP contribution in [0, 0.1) is 0 Å². The SMILES string of the molecule is COC(C)C(=O)NCC(c1cccs1)N(C)C. The van der Waals surface area contributed by atoms with Crippen LogP contribution in [0.25, 0.3) is 0 Å². The highest BCUT2D eigenvalue weighted by molar-refractivity contribution is 7.10. The predicted molar refractivity (Wildman–Crippen MR) is 70.2 cm³/mol. The number of amides is 1. The summed E-state index contributed by atoms with van der Waals surface area (Å²) in [6.45, 7) is 2.34. The van der Waals surface area contributed by atoms with Gasteiger partial charge in [0.05, 0.1) is 6.04 Å². The van der Waals surface area contributed by atoms with Crippen LogP contribution in [0.1, 0.15) is 17.8 Å². The lowest BCUT2D eigenvalue weighted by molar-refractivity contribution is -0.130. The summed E-state index contributed by atoms with van der Waals surface area (Å²) in [5.41, 5.74) is 0. The second-order valence-electron chi connectivity index (χ2n) is 4.12. The third kappa shape index (κ3) is 4.11. The summed E-state index contributed by atoms with van der Waals surface area (Å²) < 4.78 is 4.97. The Morgan fingerprint density at radius 3 is 2.76 bits per heavy atom. The number of nitrogens with zero attached hydrogens (tertiary/aromatic N) is 1. The van der Waals surface area contributed by atoms with Gasteiger partial charge in [0.15, 0.2) is 0 Å². The normalized spacial score (nSPS) is 14.6. The van der Waals surface area contributed by atoms with Gasteiger partial charge in [0, 0.05) is 18.5 Å². The minimum absolute atomic E-state index is 0.0732. The van der Waals surface area contributed by atoms with E-state index in [1.54, 1.807) is 18.3 Å². The van der Waals surface area contributed by atoms with Gasteiger partial charge in [-0.3, -0.25) is 4.79 Å². The minimum Gasteiger partial charge on any atom is -0.372 e. The number of rotatable bonds is 6. The molecule has 17 heavy (non-hydrogen) atoms. The van der Waals surface area contributed by atoms with Crippen molar-refractivity contribution in [3.8, 4) is 0 Å². The molecule has 4 nitrogen and oxygen atoms in total. The third-order valence-corrected chi connectivity index (χ3v) is 3.66. The van der Waals surface area contributed by atoms with Crippen LogP contribution in [0.2, 0.25) is 0 Å². The number of carbonyl (C=O) groups is 1. The highest BCUT2D eigenvalue weighted by atomic mass is 32.1. The van der Waals surface area contributed by atoms with E-state index < -0.39 is 6.10 Å². The summed E-state index contributed by atoms with van der Waals surface area (Å²) in [6.07, 6.45) is -0.402. The van der Waals surface area contributed by atoms with Gasteiger partial charge in [-0.2, -0.15) is 0 Å². The summed E-state index contributed by atoms with van der Waals surface area (Å²) in [4.78, 5) is 15.0. The molecule has 96 valence electrons. The fourth-order valence-corrected chi connectivity index (χ4v) is 2.39. The Morgan fingerprint density at radius 2 is 2.29 bits per heavy atom. The van der Waals surface area contributed by atoms with E-state index in [1.807, 2.05) is 25.5 Å². The maximum absolute atomic E-state index is 11.6. The molecular formula is C12H20N2O2S. The Hall–Kier alpha value is -0.910. The molecule has 0 aromatic carbocycles. The van der Waals surface area contributed by atoms with Crippen molar-refractivity contribution in [1.29, 1.82) is 0 Å². The van der Waals surface area contributed by atoms with Crippen molar-refractivity contribution >= 4 is 17.2 Å². The van der Waals surface area contributed by atoms with Crippen molar-refractivity contribution in [1.82, 2.24) is 10.2 Å². The molecule has 1 rings (SSSR count). The molecule has 1 amide bonds. The first-order chi connectivity index (χ1) is 8.06. The Bertz CT molecular complexity index is 338. The number of nitrogens with one attached hydrogen (secondary N) is 1. The maximum Gasteiger partial charge on any atom is 0.248 e. The van der Waals surface area contributed by atoms with Gasteiger partial charge in [0.25, 0.3) is 0 Å². The molecule has 1 N–H and O–H groups in total. The van der Waals surface area contributed by atoms with Crippen LogP contribution < -0.4 is 5.32 Å². The van der Waals surface area contributed by atoms with Crippen LogP contribution in [-0.2, 0) is 9.53 Å². The summed E-state index contributed by atoms with van der Waals surface area (Å²) in [6, 6.07) is 4.32. The first-order valence-corrected chi connectivity index (χ1v) is 6.44. The van der Waals surface area contributed by atoms with Crippen LogP contribution in [0.4, 0.5) is 0 Å². The molecule has 5 heteroatoms. The van der Waals surface area contributed by atoms with E-state index in [-0.39, 0.29) is 11.9 Å². The van der Waals surface area contributed by atoms with E-state index >= 15 is 0 Å². The first kappa shape index (κ1) is 14.2. The topological polar surface area (TPSA) is 41.6 Å². The molecule has 1 heterocycles. The molecule has 0 aliphatic heterocycles. The highest BCUT2D eigenvalue weighted by Crippen LogP contribution is 2.22. The second-order valence-corrected chi connectivity index (χ2v) is 5.10. The van der Waals surface area contributed by atoms with E-state index in [1.165, 1.54) is 12.0 Å². The third-order valence-electron chi connectivity index (χ3n) is 2.69. The quantitative estimate of drug-likeness (QED) is 0.838. The molecule has 0 bridgehead atoms. The average Bonchev–Trinajstić information content (AvgIpc) is 2.81. The number of methoxy groups -OCH3 is 1. The van der Waals surface area contributed by atoms with Gasteiger partial charge in [0.1, 0.15) is 6.10 Å². The lowest BCUT2D eigenvalue weighted by Gasteiger charge is -2.24. The Morgan fingerprint density at radius 1 is 1.59 bits per heavy atom. The van der Waals surface area contributed by atoms with Crippen molar-refractivity contribution in [2.75, 3.05) is 27.7 Å². The lowest BCUT2D eigenvalue weighted by Crippen LogP contribution is -2.39. The highest BCUT2D eigenvalue weighted by Gasteiger charge is 2.18. The number of thiophene rings is 1. The van der Waals surface area contributed by atoms with E-state index in [9.17, 15) is 4.79 Å². The molecule has 0 saturated heterocycles. The molecule has 0 radical (unpaired) electrons. The molecule has 0 aliphatic rings. The molecule has 0 saturated carbocycles. The summed E-state index contributed by atoms with van der Waals surface area (Å²) in [5, 5.41) is 4.95. The zero-order valence-corrected chi connectivity index (χ0v) is 11.6. The number of likely N-dealkylation sites (N-methyl/N-ethyl adjacent to an activating group) is 1. The Kier molecular flexibility index (Phi) is 5.61. The van der Waals surface area contributed by atoms with Crippen molar-refractivity contribution in [2.24, 2.45) is 0 Å². The Labute approximate surface area is 107 Å². The zero-order valence-electron chi connectivity index (χ0n) is 10.8. The number of carbonyl (C=O) groups excluding carboxylic acids is 1. The van der Waals surface area contributed by atoms with Crippen LogP contribution in [0.3, 0.4) is 0 Å². The van der Waals surface area contributed by atoms with E-state index in [4.69, 9.17) is 4.74 Å². The van der Waals surface area contributed by atoms with Crippen LogP contribution in [0.15, 0.2) is 17.5 Å². The van der Waals surface area contributed by atoms with Gasteiger partial charge in [-0.1, -0.05) is 6.07 Å². The Balaban J connectivity index is 2.55. The van der Waals surface area contributed by atoms with Crippen molar-refractivity contribution in [3.63, 3.8) is 0 Å². The number of hydrogen-bond acceptors (Lipinski definition) is 4. The van der Waals surface area contributed by atoms with Crippen molar-refractivity contribution < 1.29 is 9.53 Å². The molecule has 0 aliphatic carbocycles. The van der Waals surface area contributed by atoms with Crippen LogP contribution in [0.5, 0.6) is 0 Å². The molecule has 0 fully saturated rings. The largest absolute Gasteiger partial charge is 0.372 e. The number of ether oxygens (including phenoxy) is 1. The van der Waals surface area contributed by atoms with Gasteiger partial charge in [0.2, 0.25) is 5.91 Å². The first-order valence-electron chi connectivity index (χ1n) is 5.56. The number of hydrogen-bond donors (Lipinski definition) is 1. The predicted octanol–water partition coefficient (Wildman–Crippen LogP) is 1.50. The summed E-state index contributed by atoms with van der Waals surface area (Å²) >= 11 is 1.70. The zero-order chi connectivity index (χ0) is 12.8. The van der Waals surface area contributed by atoms with E-state index in [0.717, 1.165) is 0 Å². The fourth-order valence-electron chi connectivity index (χ4n) is 1.47. The van der Waals surface area contributed by atoms with E-state index in [2.05, 4.69) is 16.3 Å². The standard InChI is InChI=1S/C12H20N2O2S/c1-9(16-4)12(15)13-8-10(14(2)3)11-6-5-7-17-11/h5-7,9-10H,8H2,1-4H3,(H,13,15). The second kappa shape index (κ2) is 6.74. The van der Waals surface area contributed by atoms with Gasteiger partial charge in [-0.05, 0) is 32.5 Å². The van der Waals surface area contributed by atoms with Gasteiger partial charge in [-0.15, -0.1) is 11.3 Å². The molecule has 1 aromatic heterocycles. The van der Waals surface area contributed by atoms with Crippen LogP contribution >= 0.6 is 11.3 Å². The van der Waals surface area contributed by atoms with Gasteiger partial charge >= 0.3 is 0 Å². The monoisotopic (exact) mass is 256 g/mol.